The van der Waals surface area contributed by atoms with Crippen molar-refractivity contribution >= 4 is 0 Å². The highest BCUT2D eigenvalue weighted by molar-refractivity contribution is 5.14. The Kier molecular flexibility index (Phi) is 4.37. The summed E-state index contributed by atoms with van der Waals surface area (Å²) in [7, 11) is 0. The predicted molar refractivity (Wildman–Crippen MR) is 68.4 cm³/mol. The van der Waals surface area contributed by atoms with Crippen LogP contribution in [0.25, 0.3) is 0 Å². The van der Waals surface area contributed by atoms with E-state index in [9.17, 15) is 0 Å². The lowest BCUT2D eigenvalue weighted by Crippen LogP contribution is -2.46. The topological polar surface area (TPSA) is 6.48 Å². The van der Waals surface area contributed by atoms with Crippen LogP contribution in [0.3, 0.4) is 0 Å². The quantitative estimate of drug-likeness (QED) is 0.757. The Morgan fingerprint density at radius 2 is 1.56 bits per heavy atom. The average molecular weight is 217 g/mol. The van der Waals surface area contributed by atoms with E-state index in [-0.39, 0.29) is 0 Å². The zero-order chi connectivity index (χ0) is 11.2. The van der Waals surface area contributed by atoms with Gasteiger partial charge in [-0.1, -0.05) is 30.3 Å². The highest BCUT2D eigenvalue weighted by Crippen LogP contribution is 2.04. The van der Waals surface area contributed by atoms with Crippen LogP contribution in [0, 0.1) is 6.92 Å². The molecule has 2 heteroatoms. The third kappa shape index (κ3) is 3.32. The number of rotatable bonds is 4. The van der Waals surface area contributed by atoms with Crippen molar-refractivity contribution in [2.24, 2.45) is 0 Å². The first kappa shape index (κ1) is 11.6. The summed E-state index contributed by atoms with van der Waals surface area (Å²) in [4.78, 5) is 4.97. The molecule has 1 aliphatic heterocycles. The summed E-state index contributed by atoms with van der Waals surface area (Å²) in [6.45, 7) is 10.8. The Balaban J connectivity index is 1.72. The van der Waals surface area contributed by atoms with Crippen molar-refractivity contribution in [3.8, 4) is 0 Å². The van der Waals surface area contributed by atoms with Gasteiger partial charge in [0, 0.05) is 32.7 Å². The molecule has 1 heterocycles. The second-order valence-electron chi connectivity index (χ2n) is 4.42. The Hall–Kier alpha value is -0.860. The van der Waals surface area contributed by atoms with Gasteiger partial charge in [-0.2, -0.15) is 0 Å². The van der Waals surface area contributed by atoms with E-state index in [1.165, 1.54) is 44.7 Å². The van der Waals surface area contributed by atoms with E-state index in [2.05, 4.69) is 47.1 Å². The standard InChI is InChI=1S/C14H21N2/c1-2-15-10-12-16(13-11-15)9-8-14-6-4-3-5-7-14/h3-7H,1-2,8-13H2. The van der Waals surface area contributed by atoms with E-state index >= 15 is 0 Å². The van der Waals surface area contributed by atoms with Crippen LogP contribution in [0.4, 0.5) is 0 Å². The maximum absolute atomic E-state index is 3.94. The molecule has 0 saturated carbocycles. The molecule has 87 valence electrons. The van der Waals surface area contributed by atoms with Gasteiger partial charge in [0.05, 0.1) is 0 Å². The van der Waals surface area contributed by atoms with Gasteiger partial charge in [-0.05, 0) is 25.5 Å². The first-order valence-corrected chi connectivity index (χ1v) is 6.16. The van der Waals surface area contributed by atoms with Gasteiger partial charge in [0.25, 0.3) is 0 Å². The molecule has 0 aromatic heterocycles. The van der Waals surface area contributed by atoms with E-state index in [0.717, 1.165) is 6.54 Å². The lowest BCUT2D eigenvalue weighted by molar-refractivity contribution is 0.143. The zero-order valence-electron chi connectivity index (χ0n) is 9.94. The molecule has 0 spiro atoms. The number of nitrogens with zero attached hydrogens (tertiary/aromatic N) is 2. The minimum Gasteiger partial charge on any atom is -0.301 e. The highest BCUT2D eigenvalue weighted by Gasteiger charge is 2.14. The van der Waals surface area contributed by atoms with Crippen LogP contribution in [0.1, 0.15) is 5.56 Å². The maximum atomic E-state index is 3.94. The molecule has 1 saturated heterocycles. The van der Waals surface area contributed by atoms with Gasteiger partial charge in [-0.15, -0.1) is 0 Å². The molecule has 16 heavy (non-hydrogen) atoms. The van der Waals surface area contributed by atoms with Crippen molar-refractivity contribution in [1.82, 2.24) is 9.80 Å². The Labute approximate surface area is 98.9 Å². The monoisotopic (exact) mass is 217 g/mol. The summed E-state index contributed by atoms with van der Waals surface area (Å²) in [5.74, 6) is 0. The first-order chi connectivity index (χ1) is 7.88. The van der Waals surface area contributed by atoms with Crippen LogP contribution < -0.4 is 0 Å². The number of piperazine rings is 1. The molecule has 0 atom stereocenters. The second-order valence-corrected chi connectivity index (χ2v) is 4.42. The SMILES string of the molecule is [CH2]CN1CCN(CCc2ccccc2)CC1. The van der Waals surface area contributed by atoms with Gasteiger partial charge >= 0.3 is 0 Å². The van der Waals surface area contributed by atoms with Crippen molar-refractivity contribution in [3.63, 3.8) is 0 Å². The lowest BCUT2D eigenvalue weighted by atomic mass is 10.1. The van der Waals surface area contributed by atoms with Crippen LogP contribution in [0.15, 0.2) is 30.3 Å². The summed E-state index contributed by atoms with van der Waals surface area (Å²) in [6.07, 6.45) is 1.17. The van der Waals surface area contributed by atoms with Crippen LogP contribution in [0.2, 0.25) is 0 Å². The van der Waals surface area contributed by atoms with E-state index < -0.39 is 0 Å². The summed E-state index contributed by atoms with van der Waals surface area (Å²) in [5, 5.41) is 0. The van der Waals surface area contributed by atoms with E-state index in [0.29, 0.717) is 0 Å². The van der Waals surface area contributed by atoms with Gasteiger partial charge in [0.1, 0.15) is 0 Å². The lowest BCUT2D eigenvalue weighted by Gasteiger charge is -2.33. The molecular weight excluding hydrogens is 196 g/mol. The summed E-state index contributed by atoms with van der Waals surface area (Å²) in [6, 6.07) is 10.8. The van der Waals surface area contributed by atoms with Crippen LogP contribution in [0.5, 0.6) is 0 Å². The molecule has 0 bridgehead atoms. The average Bonchev–Trinajstić information content (AvgIpc) is 2.38. The minimum absolute atomic E-state index is 0.951. The first-order valence-electron chi connectivity index (χ1n) is 6.16. The zero-order valence-corrected chi connectivity index (χ0v) is 9.94. The summed E-state index contributed by atoms with van der Waals surface area (Å²) >= 11 is 0. The maximum Gasteiger partial charge on any atom is 0.0110 e. The van der Waals surface area contributed by atoms with Crippen molar-refractivity contribution < 1.29 is 0 Å². The predicted octanol–water partition coefficient (Wildman–Crippen LogP) is 1.68. The molecule has 1 aliphatic rings. The van der Waals surface area contributed by atoms with Crippen molar-refractivity contribution in [2.45, 2.75) is 6.42 Å². The number of benzene rings is 1. The van der Waals surface area contributed by atoms with Crippen molar-refractivity contribution in [1.29, 1.82) is 0 Å². The third-order valence-electron chi connectivity index (χ3n) is 3.34. The van der Waals surface area contributed by atoms with E-state index in [4.69, 9.17) is 0 Å². The van der Waals surface area contributed by atoms with Gasteiger partial charge in [0.15, 0.2) is 0 Å². The Morgan fingerprint density at radius 3 is 2.19 bits per heavy atom. The smallest absolute Gasteiger partial charge is 0.0110 e. The number of hydrogen-bond acceptors (Lipinski definition) is 2. The molecule has 2 rings (SSSR count). The Morgan fingerprint density at radius 1 is 0.938 bits per heavy atom. The largest absolute Gasteiger partial charge is 0.301 e. The molecule has 0 amide bonds. The molecule has 1 aromatic rings. The fraction of sp³-hybridized carbons (Fsp3) is 0.500. The minimum atomic E-state index is 0.951. The third-order valence-corrected chi connectivity index (χ3v) is 3.34. The molecule has 1 radical (unpaired) electrons. The van der Waals surface area contributed by atoms with E-state index in [1.807, 2.05) is 0 Å². The van der Waals surface area contributed by atoms with Gasteiger partial charge in [-0.3, -0.25) is 0 Å². The Bertz CT molecular complexity index is 289. The second kappa shape index (κ2) is 6.02. The molecule has 2 nitrogen and oxygen atoms in total. The fourth-order valence-electron chi connectivity index (χ4n) is 2.17. The van der Waals surface area contributed by atoms with Crippen LogP contribution >= 0.6 is 0 Å². The molecule has 1 fully saturated rings. The molecule has 0 N–H and O–H groups in total. The normalized spacial score (nSPS) is 18.8. The molecule has 1 aromatic carbocycles. The number of hydrogen-bond donors (Lipinski definition) is 0. The van der Waals surface area contributed by atoms with Crippen molar-refractivity contribution in [2.75, 3.05) is 39.3 Å². The summed E-state index contributed by atoms with van der Waals surface area (Å²) in [5.41, 5.74) is 1.45. The molecular formula is C14H21N2. The fourth-order valence-corrected chi connectivity index (χ4v) is 2.17. The van der Waals surface area contributed by atoms with Crippen LogP contribution in [-0.2, 0) is 6.42 Å². The van der Waals surface area contributed by atoms with Crippen LogP contribution in [-0.4, -0.2) is 49.1 Å². The highest BCUT2D eigenvalue weighted by atomic mass is 15.3. The van der Waals surface area contributed by atoms with Gasteiger partial charge in [0.2, 0.25) is 0 Å². The molecule has 0 unspecified atom stereocenters. The van der Waals surface area contributed by atoms with Crippen molar-refractivity contribution in [3.05, 3.63) is 42.8 Å². The van der Waals surface area contributed by atoms with E-state index in [1.54, 1.807) is 0 Å². The molecule has 0 aliphatic carbocycles. The van der Waals surface area contributed by atoms with Gasteiger partial charge < -0.3 is 9.80 Å². The summed E-state index contributed by atoms with van der Waals surface area (Å²) < 4.78 is 0. The van der Waals surface area contributed by atoms with Gasteiger partial charge in [-0.25, -0.2) is 0 Å².